The van der Waals surface area contributed by atoms with Gasteiger partial charge < -0.3 is 28.8 Å². The molecule has 1 atom stereocenters. The monoisotopic (exact) mass is 600 g/mol. The Bertz CT molecular complexity index is 1890. The average Bonchev–Trinajstić information content (AvgIpc) is 3.41. The number of rotatable bonds is 8. The highest BCUT2D eigenvalue weighted by molar-refractivity contribution is 6.09. The summed E-state index contributed by atoms with van der Waals surface area (Å²) >= 11 is 0. The summed E-state index contributed by atoms with van der Waals surface area (Å²) in [4.78, 5) is 0. The third kappa shape index (κ3) is 4.09. The van der Waals surface area contributed by atoms with Crippen molar-refractivity contribution in [1.29, 1.82) is 0 Å². The number of benzene rings is 5. The molecule has 1 aliphatic heterocycles. The summed E-state index contributed by atoms with van der Waals surface area (Å²) in [6.45, 7) is 2.00. The highest BCUT2D eigenvalue weighted by Crippen LogP contribution is 2.60. The fraction of sp³-hybridized carbons (Fsp3) is 0.231. The fourth-order valence-electron chi connectivity index (χ4n) is 7.29. The molecule has 5 aromatic rings. The van der Waals surface area contributed by atoms with Gasteiger partial charge in [0.25, 0.3) is 0 Å². The zero-order valence-electron chi connectivity index (χ0n) is 26.1. The molecule has 5 aromatic carbocycles. The Balaban J connectivity index is 1.59. The largest absolute Gasteiger partial charge is 0.497 e. The predicted octanol–water partition coefficient (Wildman–Crippen LogP) is 7.99. The number of aliphatic hydroxyl groups is 1. The Kier molecular flexibility index (Phi) is 7.07. The molecule has 0 saturated heterocycles. The van der Waals surface area contributed by atoms with Gasteiger partial charge in [0.15, 0.2) is 5.60 Å². The van der Waals surface area contributed by atoms with Crippen LogP contribution in [0.3, 0.4) is 0 Å². The van der Waals surface area contributed by atoms with Crippen molar-refractivity contribution in [2.24, 2.45) is 0 Å². The Morgan fingerprint density at radius 3 is 1.96 bits per heavy atom. The molecule has 0 fully saturated rings. The minimum Gasteiger partial charge on any atom is -0.497 e. The van der Waals surface area contributed by atoms with Crippen molar-refractivity contribution in [2.45, 2.75) is 31.2 Å². The molecular formula is C39H36O6. The van der Waals surface area contributed by atoms with Crippen LogP contribution in [-0.2, 0) is 22.5 Å². The summed E-state index contributed by atoms with van der Waals surface area (Å²) in [5, 5.41) is 12.3. The first kappa shape index (κ1) is 29.0. The molecule has 0 amide bonds. The second-order valence-corrected chi connectivity index (χ2v) is 11.4. The van der Waals surface area contributed by atoms with Gasteiger partial charge in [-0.25, -0.2) is 0 Å². The number of aliphatic hydroxyl groups excluding tert-OH is 1. The lowest BCUT2D eigenvalue weighted by Crippen LogP contribution is -2.35. The normalized spacial score (nSPS) is 17.3. The molecule has 0 radical (unpaired) electrons. The highest BCUT2D eigenvalue weighted by Gasteiger charge is 2.48. The lowest BCUT2D eigenvalue weighted by molar-refractivity contribution is 0.0219. The molecule has 45 heavy (non-hydrogen) atoms. The minimum absolute atomic E-state index is 0.155. The second-order valence-electron chi connectivity index (χ2n) is 11.4. The van der Waals surface area contributed by atoms with Gasteiger partial charge in [-0.2, -0.15) is 0 Å². The van der Waals surface area contributed by atoms with Crippen LogP contribution in [0.25, 0.3) is 28.0 Å². The maximum Gasteiger partial charge on any atom is 0.178 e. The van der Waals surface area contributed by atoms with Gasteiger partial charge in [0.2, 0.25) is 0 Å². The lowest BCUT2D eigenvalue weighted by atomic mass is 9.79. The van der Waals surface area contributed by atoms with Gasteiger partial charge in [-0.05, 0) is 71.0 Å². The van der Waals surface area contributed by atoms with Crippen molar-refractivity contribution in [3.8, 4) is 34.1 Å². The Morgan fingerprint density at radius 2 is 1.40 bits per heavy atom. The van der Waals surface area contributed by atoms with Crippen LogP contribution in [0.5, 0.6) is 23.0 Å². The van der Waals surface area contributed by atoms with Crippen LogP contribution in [-0.4, -0.2) is 33.5 Å². The molecule has 6 nitrogen and oxygen atoms in total. The van der Waals surface area contributed by atoms with E-state index in [4.69, 9.17) is 23.7 Å². The van der Waals surface area contributed by atoms with Crippen LogP contribution in [0.1, 0.15) is 46.7 Å². The SMILES string of the molecule is CCC1(OC)c2ccccc2-c2c1c1c(c3cc(OC)c(CO)cc23)OC(c2ccc(OC)cc2)(c2ccc(OC)cc2)C=C1. The van der Waals surface area contributed by atoms with E-state index in [1.54, 1.807) is 28.4 Å². The van der Waals surface area contributed by atoms with E-state index in [0.717, 1.165) is 73.4 Å². The summed E-state index contributed by atoms with van der Waals surface area (Å²) in [5.41, 5.74) is 6.31. The molecule has 1 aliphatic carbocycles. The molecule has 228 valence electrons. The smallest absolute Gasteiger partial charge is 0.178 e. The van der Waals surface area contributed by atoms with Crippen LogP contribution >= 0.6 is 0 Å². The number of hydrogen-bond acceptors (Lipinski definition) is 6. The molecule has 0 saturated carbocycles. The third-order valence-corrected chi connectivity index (χ3v) is 9.54. The minimum atomic E-state index is -0.969. The quantitative estimate of drug-likeness (QED) is 0.195. The Morgan fingerprint density at radius 1 is 0.756 bits per heavy atom. The first-order chi connectivity index (χ1) is 22.0. The zero-order chi connectivity index (χ0) is 31.3. The highest BCUT2D eigenvalue weighted by atomic mass is 16.5. The van der Waals surface area contributed by atoms with Crippen molar-refractivity contribution in [3.05, 3.63) is 124 Å². The van der Waals surface area contributed by atoms with E-state index in [2.05, 4.69) is 43.3 Å². The number of fused-ring (bicyclic) bond motifs is 8. The van der Waals surface area contributed by atoms with Crippen molar-refractivity contribution in [3.63, 3.8) is 0 Å². The van der Waals surface area contributed by atoms with Crippen molar-refractivity contribution in [1.82, 2.24) is 0 Å². The van der Waals surface area contributed by atoms with E-state index in [1.165, 1.54) is 0 Å². The topological polar surface area (TPSA) is 66.4 Å². The zero-order valence-corrected chi connectivity index (χ0v) is 26.1. The van der Waals surface area contributed by atoms with Crippen molar-refractivity contribution in [2.75, 3.05) is 28.4 Å². The Hall–Kier alpha value is -4.78. The summed E-state index contributed by atoms with van der Waals surface area (Å²) < 4.78 is 30.7. The van der Waals surface area contributed by atoms with Gasteiger partial charge in [0, 0.05) is 40.3 Å². The predicted molar refractivity (Wildman–Crippen MR) is 176 cm³/mol. The van der Waals surface area contributed by atoms with Crippen LogP contribution in [0.2, 0.25) is 0 Å². The van der Waals surface area contributed by atoms with Crippen molar-refractivity contribution >= 4 is 16.8 Å². The molecule has 6 heteroatoms. The van der Waals surface area contributed by atoms with Crippen LogP contribution in [0.4, 0.5) is 0 Å². The third-order valence-electron chi connectivity index (χ3n) is 9.54. The molecule has 0 aromatic heterocycles. The summed E-state index contributed by atoms with van der Waals surface area (Å²) in [5.74, 6) is 2.85. The molecular weight excluding hydrogens is 564 g/mol. The van der Waals surface area contributed by atoms with E-state index in [9.17, 15) is 5.11 Å². The summed E-state index contributed by atoms with van der Waals surface area (Å²) in [6.07, 6.45) is 5.06. The van der Waals surface area contributed by atoms with Crippen LogP contribution in [0.15, 0.2) is 91.0 Å². The van der Waals surface area contributed by atoms with Crippen LogP contribution < -0.4 is 18.9 Å². The molecule has 1 N–H and O–H groups in total. The van der Waals surface area contributed by atoms with Gasteiger partial charge in [-0.3, -0.25) is 0 Å². The number of hydrogen-bond donors (Lipinski definition) is 1. The molecule has 1 unspecified atom stereocenters. The van der Waals surface area contributed by atoms with Crippen molar-refractivity contribution < 1.29 is 28.8 Å². The van der Waals surface area contributed by atoms with Gasteiger partial charge in [-0.15, -0.1) is 0 Å². The maximum absolute atomic E-state index is 10.4. The standard InChI is InChI=1S/C39H36O6/c1-6-38(44-5)33-10-8-7-9-29(33)35-31-21-24(23-40)34(43-4)22-32(31)37-30(36(35)38)19-20-39(45-37,25-11-15-27(41-2)16-12-25)26-13-17-28(42-3)18-14-26/h7-22,40H,6,23H2,1-5H3. The number of ether oxygens (including phenoxy) is 5. The molecule has 1 heterocycles. The van der Waals surface area contributed by atoms with Gasteiger partial charge in [0.1, 0.15) is 28.6 Å². The molecule has 0 spiro atoms. The van der Waals surface area contributed by atoms with E-state index in [1.807, 2.05) is 60.7 Å². The van der Waals surface area contributed by atoms with E-state index < -0.39 is 11.2 Å². The average molecular weight is 601 g/mol. The van der Waals surface area contributed by atoms with Gasteiger partial charge >= 0.3 is 0 Å². The maximum atomic E-state index is 10.4. The van der Waals surface area contributed by atoms with E-state index in [0.29, 0.717) is 11.3 Å². The van der Waals surface area contributed by atoms with E-state index in [-0.39, 0.29) is 6.61 Å². The first-order valence-corrected chi connectivity index (χ1v) is 15.1. The second kappa shape index (κ2) is 11.0. The van der Waals surface area contributed by atoms with Gasteiger partial charge in [0.05, 0.1) is 27.9 Å². The first-order valence-electron chi connectivity index (χ1n) is 15.1. The van der Waals surface area contributed by atoms with E-state index >= 15 is 0 Å². The van der Waals surface area contributed by atoms with Gasteiger partial charge in [-0.1, -0.05) is 61.5 Å². The summed E-state index contributed by atoms with van der Waals surface area (Å²) in [6, 6.07) is 28.5. The molecule has 2 aliphatic rings. The number of methoxy groups -OCH3 is 4. The fourth-order valence-corrected chi connectivity index (χ4v) is 7.29. The molecule has 0 bridgehead atoms. The molecule has 7 rings (SSSR count). The summed E-state index contributed by atoms with van der Waals surface area (Å²) in [7, 11) is 6.74. The van der Waals surface area contributed by atoms with Crippen LogP contribution in [0, 0.1) is 0 Å². The Labute approximate surface area is 263 Å². The lowest BCUT2D eigenvalue weighted by Gasteiger charge is -2.39.